The van der Waals surface area contributed by atoms with Crippen molar-refractivity contribution in [2.24, 2.45) is 0 Å². The number of nitrogens with zero attached hydrogens (tertiary/aromatic N) is 1. The number of hydrogen-bond donors (Lipinski definition) is 0. The molecule has 0 spiro atoms. The second kappa shape index (κ2) is 8.05. The van der Waals surface area contributed by atoms with Gasteiger partial charge in [0.15, 0.2) is 0 Å². The Balaban J connectivity index is 2.16. The summed E-state index contributed by atoms with van der Waals surface area (Å²) in [6, 6.07) is 4.86. The first kappa shape index (κ1) is 18.1. The van der Waals surface area contributed by atoms with Crippen molar-refractivity contribution in [3.63, 3.8) is 0 Å². The largest absolute Gasteiger partial charge is 0.497 e. The standard InChI is InChI=1S/C16H19NO6S/c1-4-23-15(19)9-24-13-8-14(18)17(16(13)20)11-6-5-10(21-2)7-12(11)22-3/h5-7,13H,4,8-9H2,1-3H3. The Bertz CT molecular complexity index is 647. The highest BCUT2D eigenvalue weighted by Crippen LogP contribution is 2.37. The summed E-state index contributed by atoms with van der Waals surface area (Å²) in [5.74, 6) is -0.133. The fourth-order valence-electron chi connectivity index (χ4n) is 2.33. The Labute approximate surface area is 144 Å². The minimum atomic E-state index is -0.603. The Morgan fingerprint density at radius 3 is 2.67 bits per heavy atom. The van der Waals surface area contributed by atoms with E-state index in [2.05, 4.69) is 0 Å². The lowest BCUT2D eigenvalue weighted by Gasteiger charge is -2.18. The third-order valence-corrected chi connectivity index (χ3v) is 4.61. The summed E-state index contributed by atoms with van der Waals surface area (Å²) in [5.41, 5.74) is 0.368. The number of imide groups is 1. The minimum Gasteiger partial charge on any atom is -0.497 e. The monoisotopic (exact) mass is 353 g/mol. The van der Waals surface area contributed by atoms with Crippen LogP contribution in [0.3, 0.4) is 0 Å². The quantitative estimate of drug-likeness (QED) is 0.544. The zero-order valence-electron chi connectivity index (χ0n) is 13.7. The molecule has 0 radical (unpaired) electrons. The van der Waals surface area contributed by atoms with Crippen LogP contribution in [0.25, 0.3) is 0 Å². The zero-order chi connectivity index (χ0) is 17.7. The topological polar surface area (TPSA) is 82.1 Å². The van der Waals surface area contributed by atoms with Crippen molar-refractivity contribution in [3.05, 3.63) is 18.2 Å². The molecule has 0 aromatic heterocycles. The van der Waals surface area contributed by atoms with Gasteiger partial charge in [0.05, 0.1) is 37.5 Å². The summed E-state index contributed by atoms with van der Waals surface area (Å²) in [4.78, 5) is 37.4. The summed E-state index contributed by atoms with van der Waals surface area (Å²) in [5, 5.41) is -0.603. The average molecular weight is 353 g/mol. The van der Waals surface area contributed by atoms with Gasteiger partial charge in [-0.2, -0.15) is 0 Å². The van der Waals surface area contributed by atoms with Gasteiger partial charge in [-0.3, -0.25) is 14.4 Å². The van der Waals surface area contributed by atoms with E-state index in [0.29, 0.717) is 17.2 Å². The molecule has 1 saturated heterocycles. The summed E-state index contributed by atoms with van der Waals surface area (Å²) >= 11 is 1.11. The van der Waals surface area contributed by atoms with Crippen LogP contribution < -0.4 is 14.4 Å². The molecule has 1 unspecified atom stereocenters. The number of benzene rings is 1. The highest BCUT2D eigenvalue weighted by Gasteiger charge is 2.41. The molecule has 130 valence electrons. The van der Waals surface area contributed by atoms with E-state index in [1.54, 1.807) is 25.1 Å². The van der Waals surface area contributed by atoms with Crippen LogP contribution >= 0.6 is 11.8 Å². The molecule has 1 aliphatic heterocycles. The number of carbonyl (C=O) groups excluding carboxylic acids is 3. The Morgan fingerprint density at radius 2 is 2.04 bits per heavy atom. The van der Waals surface area contributed by atoms with Crippen LogP contribution in [0.2, 0.25) is 0 Å². The molecule has 2 rings (SSSR count). The number of anilines is 1. The van der Waals surface area contributed by atoms with Crippen LogP contribution in [0, 0.1) is 0 Å². The lowest BCUT2D eigenvalue weighted by molar-refractivity contribution is -0.139. The summed E-state index contributed by atoms with van der Waals surface area (Å²) < 4.78 is 15.2. The molecule has 24 heavy (non-hydrogen) atoms. The number of carbonyl (C=O) groups is 3. The minimum absolute atomic E-state index is 0.0329. The predicted octanol–water partition coefficient (Wildman–Crippen LogP) is 1.63. The highest BCUT2D eigenvalue weighted by molar-refractivity contribution is 8.01. The molecule has 2 amide bonds. The normalized spacial score (nSPS) is 17.1. The molecule has 1 atom stereocenters. The van der Waals surface area contributed by atoms with Crippen LogP contribution in [0.4, 0.5) is 5.69 Å². The smallest absolute Gasteiger partial charge is 0.315 e. The molecule has 0 N–H and O–H groups in total. The van der Waals surface area contributed by atoms with Gasteiger partial charge in [-0.05, 0) is 19.1 Å². The molecule has 1 aromatic carbocycles. The van der Waals surface area contributed by atoms with Crippen LogP contribution in [-0.2, 0) is 19.1 Å². The number of amides is 2. The number of ether oxygens (including phenoxy) is 3. The SMILES string of the molecule is CCOC(=O)CSC1CC(=O)N(c2ccc(OC)cc2OC)C1=O. The molecule has 1 heterocycles. The van der Waals surface area contributed by atoms with Crippen molar-refractivity contribution in [3.8, 4) is 11.5 Å². The van der Waals surface area contributed by atoms with E-state index in [1.165, 1.54) is 14.2 Å². The third kappa shape index (κ3) is 3.81. The second-order valence-electron chi connectivity index (χ2n) is 4.91. The highest BCUT2D eigenvalue weighted by atomic mass is 32.2. The van der Waals surface area contributed by atoms with E-state index >= 15 is 0 Å². The first-order chi connectivity index (χ1) is 11.5. The number of methoxy groups -OCH3 is 2. The molecular formula is C16H19NO6S. The third-order valence-electron chi connectivity index (χ3n) is 3.44. The van der Waals surface area contributed by atoms with Crippen molar-refractivity contribution in [1.82, 2.24) is 0 Å². The maximum atomic E-state index is 12.6. The van der Waals surface area contributed by atoms with Gasteiger partial charge < -0.3 is 14.2 Å². The Morgan fingerprint density at radius 1 is 1.29 bits per heavy atom. The summed E-state index contributed by atoms with van der Waals surface area (Å²) in [7, 11) is 2.97. The zero-order valence-corrected chi connectivity index (χ0v) is 14.6. The maximum Gasteiger partial charge on any atom is 0.315 e. The second-order valence-corrected chi connectivity index (χ2v) is 6.11. The van der Waals surface area contributed by atoms with E-state index < -0.39 is 11.2 Å². The van der Waals surface area contributed by atoms with E-state index in [0.717, 1.165) is 16.7 Å². The number of esters is 1. The van der Waals surface area contributed by atoms with Crippen molar-refractivity contribution in [1.29, 1.82) is 0 Å². The van der Waals surface area contributed by atoms with Gasteiger partial charge in [-0.1, -0.05) is 0 Å². The van der Waals surface area contributed by atoms with Crippen LogP contribution in [0.1, 0.15) is 13.3 Å². The van der Waals surface area contributed by atoms with Crippen LogP contribution in [0.5, 0.6) is 11.5 Å². The molecule has 1 aromatic rings. The van der Waals surface area contributed by atoms with Crippen molar-refractivity contribution in [2.75, 3.05) is 31.5 Å². The van der Waals surface area contributed by atoms with Crippen molar-refractivity contribution in [2.45, 2.75) is 18.6 Å². The van der Waals surface area contributed by atoms with E-state index in [9.17, 15) is 14.4 Å². The predicted molar refractivity (Wildman–Crippen MR) is 89.5 cm³/mol. The Hall–Kier alpha value is -2.22. The Kier molecular flexibility index (Phi) is 6.08. The fourth-order valence-corrected chi connectivity index (χ4v) is 3.26. The van der Waals surface area contributed by atoms with E-state index in [-0.39, 0.29) is 30.6 Å². The summed E-state index contributed by atoms with van der Waals surface area (Å²) in [6.45, 7) is 2.00. The van der Waals surface area contributed by atoms with Gasteiger partial charge in [0.25, 0.3) is 0 Å². The first-order valence-corrected chi connectivity index (χ1v) is 8.42. The first-order valence-electron chi connectivity index (χ1n) is 7.37. The molecular weight excluding hydrogens is 334 g/mol. The molecule has 1 fully saturated rings. The van der Waals surface area contributed by atoms with Gasteiger partial charge in [0.1, 0.15) is 11.5 Å². The van der Waals surface area contributed by atoms with Crippen molar-refractivity contribution < 1.29 is 28.6 Å². The van der Waals surface area contributed by atoms with Crippen molar-refractivity contribution >= 4 is 35.2 Å². The molecule has 0 saturated carbocycles. The fraction of sp³-hybridized carbons (Fsp3) is 0.438. The lowest BCUT2D eigenvalue weighted by Crippen LogP contribution is -2.31. The number of hydrogen-bond acceptors (Lipinski definition) is 7. The van der Waals surface area contributed by atoms with Gasteiger partial charge in [0, 0.05) is 12.5 Å². The molecule has 0 bridgehead atoms. The molecule has 7 nitrogen and oxygen atoms in total. The van der Waals surface area contributed by atoms with Crippen LogP contribution in [0.15, 0.2) is 18.2 Å². The van der Waals surface area contributed by atoms with Gasteiger partial charge in [-0.25, -0.2) is 4.90 Å². The average Bonchev–Trinajstić information content (AvgIpc) is 2.86. The van der Waals surface area contributed by atoms with Crippen LogP contribution in [-0.4, -0.2) is 49.6 Å². The van der Waals surface area contributed by atoms with Gasteiger partial charge in [0.2, 0.25) is 11.8 Å². The maximum absolute atomic E-state index is 12.6. The van der Waals surface area contributed by atoms with E-state index in [4.69, 9.17) is 14.2 Å². The molecule has 1 aliphatic rings. The van der Waals surface area contributed by atoms with E-state index in [1.807, 2.05) is 0 Å². The number of rotatable bonds is 7. The van der Waals surface area contributed by atoms with Gasteiger partial charge in [-0.15, -0.1) is 11.8 Å². The number of thioether (sulfide) groups is 1. The lowest BCUT2D eigenvalue weighted by atomic mass is 10.2. The molecule has 0 aliphatic carbocycles. The molecule has 8 heteroatoms. The summed E-state index contributed by atoms with van der Waals surface area (Å²) in [6.07, 6.45) is 0.0398. The van der Waals surface area contributed by atoms with Gasteiger partial charge >= 0.3 is 5.97 Å².